The average molecular weight is 465 g/mol. The molecular weight excluding hydrogens is 432 g/mol. The lowest BCUT2D eigenvalue weighted by atomic mass is 9.82. The summed E-state index contributed by atoms with van der Waals surface area (Å²) in [7, 11) is 0. The Kier molecular flexibility index (Phi) is 9.44. The number of carbonyl (C=O) groups excluding carboxylic acids is 3. The van der Waals surface area contributed by atoms with E-state index in [1.54, 1.807) is 12.1 Å². The minimum atomic E-state index is -0.449. The number of benzene rings is 2. The Balaban J connectivity index is 1.41. The average Bonchev–Trinajstić information content (AvgIpc) is 2.86. The molecule has 6 heteroatoms. The van der Waals surface area contributed by atoms with Crippen LogP contribution in [0.1, 0.15) is 50.2 Å². The van der Waals surface area contributed by atoms with Gasteiger partial charge in [0.05, 0.1) is 18.4 Å². The van der Waals surface area contributed by atoms with E-state index in [-0.39, 0.29) is 30.4 Å². The van der Waals surface area contributed by atoms with Gasteiger partial charge < -0.3 is 14.2 Å². The van der Waals surface area contributed by atoms with E-state index in [0.29, 0.717) is 43.6 Å². The molecule has 0 aromatic heterocycles. The lowest BCUT2D eigenvalue weighted by Gasteiger charge is -2.25. The van der Waals surface area contributed by atoms with E-state index in [4.69, 9.17) is 14.2 Å². The summed E-state index contributed by atoms with van der Waals surface area (Å²) in [4.78, 5) is 36.2. The number of carbonyl (C=O) groups is 3. The molecule has 2 aromatic rings. The molecule has 1 aliphatic rings. The van der Waals surface area contributed by atoms with E-state index in [0.717, 1.165) is 24.5 Å². The highest BCUT2D eigenvalue weighted by atomic mass is 16.5. The highest BCUT2D eigenvalue weighted by Gasteiger charge is 2.32. The van der Waals surface area contributed by atoms with Gasteiger partial charge in [-0.2, -0.15) is 0 Å². The van der Waals surface area contributed by atoms with Crippen LogP contribution < -0.4 is 9.47 Å². The highest BCUT2D eigenvalue weighted by Crippen LogP contribution is 2.31. The van der Waals surface area contributed by atoms with Crippen LogP contribution in [0.4, 0.5) is 0 Å². The topological polar surface area (TPSA) is 78.9 Å². The maximum absolute atomic E-state index is 12.6. The van der Waals surface area contributed by atoms with Crippen LogP contribution >= 0.6 is 0 Å². The SMILES string of the molecule is C=CC(=O)OCCc1ccc(OC(=O)C2CCC(C(=O)Oc3ccc(CCC)cc3)CC2)cc1. The molecule has 180 valence electrons. The van der Waals surface area contributed by atoms with Crippen LogP contribution in [0.3, 0.4) is 0 Å². The summed E-state index contributed by atoms with van der Waals surface area (Å²) in [5.41, 5.74) is 2.20. The second-order valence-electron chi connectivity index (χ2n) is 8.55. The molecule has 0 atom stereocenters. The van der Waals surface area contributed by atoms with Crippen LogP contribution in [-0.2, 0) is 32.0 Å². The minimum Gasteiger partial charge on any atom is -0.462 e. The largest absolute Gasteiger partial charge is 0.462 e. The van der Waals surface area contributed by atoms with Gasteiger partial charge in [0.15, 0.2) is 0 Å². The van der Waals surface area contributed by atoms with Crippen LogP contribution in [0.25, 0.3) is 0 Å². The van der Waals surface area contributed by atoms with Crippen LogP contribution in [0, 0.1) is 11.8 Å². The predicted octanol–water partition coefficient (Wildman–Crippen LogP) is 5.23. The molecule has 0 radical (unpaired) electrons. The first-order valence-electron chi connectivity index (χ1n) is 11.9. The van der Waals surface area contributed by atoms with E-state index < -0.39 is 5.97 Å². The Bertz CT molecular complexity index is 969. The van der Waals surface area contributed by atoms with Crippen molar-refractivity contribution >= 4 is 17.9 Å². The summed E-state index contributed by atoms with van der Waals surface area (Å²) < 4.78 is 16.1. The van der Waals surface area contributed by atoms with Crippen molar-refractivity contribution < 1.29 is 28.6 Å². The summed E-state index contributed by atoms with van der Waals surface area (Å²) in [6.07, 6.45) is 6.18. The van der Waals surface area contributed by atoms with Gasteiger partial charge in [0.2, 0.25) is 0 Å². The molecule has 3 rings (SSSR count). The number of esters is 3. The van der Waals surface area contributed by atoms with Gasteiger partial charge in [0, 0.05) is 12.5 Å². The van der Waals surface area contributed by atoms with E-state index in [1.807, 2.05) is 36.4 Å². The van der Waals surface area contributed by atoms with Gasteiger partial charge in [-0.15, -0.1) is 0 Å². The highest BCUT2D eigenvalue weighted by molar-refractivity contribution is 5.81. The summed E-state index contributed by atoms with van der Waals surface area (Å²) in [5, 5.41) is 0. The molecule has 0 spiro atoms. The first-order chi connectivity index (χ1) is 16.5. The van der Waals surface area contributed by atoms with Crippen molar-refractivity contribution in [2.45, 2.75) is 51.9 Å². The monoisotopic (exact) mass is 464 g/mol. The molecule has 1 saturated carbocycles. The Morgan fingerprint density at radius 1 is 0.794 bits per heavy atom. The summed E-state index contributed by atoms with van der Waals surface area (Å²) in [6.45, 7) is 5.75. The van der Waals surface area contributed by atoms with E-state index in [1.165, 1.54) is 5.56 Å². The zero-order valence-electron chi connectivity index (χ0n) is 19.7. The normalized spacial score (nSPS) is 17.4. The molecule has 0 amide bonds. The maximum atomic E-state index is 12.6. The molecule has 0 bridgehead atoms. The fourth-order valence-corrected chi connectivity index (χ4v) is 4.03. The van der Waals surface area contributed by atoms with Gasteiger partial charge in [-0.25, -0.2) is 4.79 Å². The molecular formula is C28H32O6. The molecule has 0 unspecified atom stereocenters. The van der Waals surface area contributed by atoms with Crippen molar-refractivity contribution in [3.8, 4) is 11.5 Å². The third-order valence-electron chi connectivity index (χ3n) is 6.02. The van der Waals surface area contributed by atoms with E-state index >= 15 is 0 Å². The first-order valence-corrected chi connectivity index (χ1v) is 11.9. The number of rotatable bonds is 10. The molecule has 0 heterocycles. The van der Waals surface area contributed by atoms with Gasteiger partial charge >= 0.3 is 17.9 Å². The quantitative estimate of drug-likeness (QED) is 0.272. The van der Waals surface area contributed by atoms with Crippen molar-refractivity contribution in [3.63, 3.8) is 0 Å². The molecule has 1 aliphatic carbocycles. The summed E-state index contributed by atoms with van der Waals surface area (Å²) in [6, 6.07) is 14.8. The van der Waals surface area contributed by atoms with E-state index in [9.17, 15) is 14.4 Å². The molecule has 2 aromatic carbocycles. The minimum absolute atomic E-state index is 0.200. The van der Waals surface area contributed by atoms with Crippen LogP contribution in [-0.4, -0.2) is 24.5 Å². The van der Waals surface area contributed by atoms with Gasteiger partial charge in [0.25, 0.3) is 0 Å². The fraction of sp³-hybridized carbons (Fsp3) is 0.393. The third-order valence-corrected chi connectivity index (χ3v) is 6.02. The van der Waals surface area contributed by atoms with Crippen LogP contribution in [0.5, 0.6) is 11.5 Å². The Morgan fingerprint density at radius 2 is 1.24 bits per heavy atom. The maximum Gasteiger partial charge on any atom is 0.330 e. The van der Waals surface area contributed by atoms with Gasteiger partial charge in [-0.1, -0.05) is 44.2 Å². The zero-order chi connectivity index (χ0) is 24.3. The van der Waals surface area contributed by atoms with Crippen LogP contribution in [0.15, 0.2) is 61.2 Å². The Labute approximate surface area is 200 Å². The third kappa shape index (κ3) is 7.58. The van der Waals surface area contributed by atoms with Crippen molar-refractivity contribution in [3.05, 3.63) is 72.3 Å². The standard InChI is InChI=1S/C28H32O6/c1-3-5-20-6-14-24(15-7-20)33-27(30)22-10-12-23(13-11-22)28(31)34-25-16-8-21(9-17-25)18-19-32-26(29)4-2/h4,6-9,14-17,22-23H,2-3,5,10-13,18-19H2,1H3. The second-order valence-corrected chi connectivity index (χ2v) is 8.55. The lowest BCUT2D eigenvalue weighted by molar-refractivity contribution is -0.145. The van der Waals surface area contributed by atoms with Gasteiger partial charge in [-0.3, -0.25) is 9.59 Å². The van der Waals surface area contributed by atoms with Crippen LogP contribution in [0.2, 0.25) is 0 Å². The number of ether oxygens (including phenoxy) is 3. The smallest absolute Gasteiger partial charge is 0.330 e. The molecule has 0 saturated heterocycles. The fourth-order valence-electron chi connectivity index (χ4n) is 4.03. The van der Waals surface area contributed by atoms with Crippen molar-refractivity contribution in [1.82, 2.24) is 0 Å². The predicted molar refractivity (Wildman–Crippen MR) is 128 cm³/mol. The van der Waals surface area contributed by atoms with E-state index in [2.05, 4.69) is 13.5 Å². The lowest BCUT2D eigenvalue weighted by Crippen LogP contribution is -2.30. The molecule has 1 fully saturated rings. The van der Waals surface area contributed by atoms with Gasteiger partial charge in [-0.05, 0) is 67.5 Å². The van der Waals surface area contributed by atoms with Gasteiger partial charge in [0.1, 0.15) is 11.5 Å². The number of hydrogen-bond acceptors (Lipinski definition) is 6. The van der Waals surface area contributed by atoms with Crippen molar-refractivity contribution in [2.24, 2.45) is 11.8 Å². The molecule has 0 N–H and O–H groups in total. The first kappa shape index (κ1) is 25.2. The molecule has 6 nitrogen and oxygen atoms in total. The Hall–Kier alpha value is -3.41. The summed E-state index contributed by atoms with van der Waals surface area (Å²) >= 11 is 0. The number of hydrogen-bond donors (Lipinski definition) is 0. The summed E-state index contributed by atoms with van der Waals surface area (Å²) in [5.74, 6) is -0.340. The Morgan fingerprint density at radius 3 is 1.65 bits per heavy atom. The molecule has 0 aliphatic heterocycles. The zero-order valence-corrected chi connectivity index (χ0v) is 19.7. The second kappa shape index (κ2) is 12.7. The van der Waals surface area contributed by atoms with Crippen molar-refractivity contribution in [2.75, 3.05) is 6.61 Å². The number of aryl methyl sites for hydroxylation is 1. The van der Waals surface area contributed by atoms with Crippen molar-refractivity contribution in [1.29, 1.82) is 0 Å². The molecule has 34 heavy (non-hydrogen) atoms.